The Labute approximate surface area is 205 Å². The number of carbonyl (C=O) groups excluding carboxylic acids is 2. The third-order valence-corrected chi connectivity index (χ3v) is 6.36. The number of thioether (sulfide) groups is 1. The quantitative estimate of drug-likeness (QED) is 0.238. The second-order valence-corrected chi connectivity index (χ2v) is 8.84. The van der Waals surface area contributed by atoms with Crippen LogP contribution in [0.2, 0.25) is 0 Å². The summed E-state index contributed by atoms with van der Waals surface area (Å²) in [6.45, 7) is 4.87. The first-order valence-electron chi connectivity index (χ1n) is 11.4. The van der Waals surface area contributed by atoms with Crippen molar-refractivity contribution in [3.05, 3.63) is 69.8 Å². The van der Waals surface area contributed by atoms with Crippen molar-refractivity contribution in [2.45, 2.75) is 51.4 Å². The predicted molar refractivity (Wildman–Crippen MR) is 135 cm³/mol. The molecule has 2 aromatic carbocycles. The molecule has 0 radical (unpaired) electrons. The van der Waals surface area contributed by atoms with Crippen LogP contribution in [0.15, 0.2) is 48.5 Å². The third kappa shape index (κ3) is 8.37. The Morgan fingerprint density at radius 3 is 2.29 bits per heavy atom. The topological polar surface area (TPSA) is 102 Å². The molecule has 0 heterocycles. The summed E-state index contributed by atoms with van der Waals surface area (Å²) in [6, 6.07) is 13.2. The van der Waals surface area contributed by atoms with Crippen LogP contribution in [0.4, 0.5) is 5.69 Å². The van der Waals surface area contributed by atoms with Crippen molar-refractivity contribution in [2.75, 3.05) is 19.4 Å². The SMILES string of the molecule is CCCCNC(=O)[C@H](CC)N(Cc1ccc(OC)cc1)C(=O)CSCc1ccc([N+](=O)[O-])cc1. The standard InChI is InChI=1S/C25H33N3O5S/c1-4-6-15-26-25(30)23(5-2)27(16-19-9-13-22(33-3)14-10-19)24(29)18-34-17-20-7-11-21(12-8-20)28(31)32/h7-14,23H,4-6,15-18H2,1-3H3,(H,26,30)/t23-/m0/s1. The molecule has 0 aliphatic carbocycles. The van der Waals surface area contributed by atoms with Gasteiger partial charge in [-0.1, -0.05) is 44.5 Å². The zero-order valence-corrected chi connectivity index (χ0v) is 20.8. The number of carbonyl (C=O) groups is 2. The molecule has 0 aromatic heterocycles. The third-order valence-electron chi connectivity index (χ3n) is 5.37. The van der Waals surface area contributed by atoms with Crippen LogP contribution in [0.3, 0.4) is 0 Å². The second kappa shape index (κ2) is 14.2. The smallest absolute Gasteiger partial charge is 0.269 e. The van der Waals surface area contributed by atoms with Gasteiger partial charge in [-0.05, 0) is 36.1 Å². The molecule has 0 saturated heterocycles. The maximum atomic E-state index is 13.3. The first kappa shape index (κ1) is 27.2. The molecular formula is C25H33N3O5S. The molecule has 0 spiro atoms. The number of unbranched alkanes of at least 4 members (excludes halogenated alkanes) is 1. The number of methoxy groups -OCH3 is 1. The molecule has 2 amide bonds. The number of non-ortho nitro benzene ring substituents is 1. The lowest BCUT2D eigenvalue weighted by Crippen LogP contribution is -2.49. The largest absolute Gasteiger partial charge is 0.497 e. The molecular weight excluding hydrogens is 454 g/mol. The van der Waals surface area contributed by atoms with Crippen molar-refractivity contribution in [3.63, 3.8) is 0 Å². The van der Waals surface area contributed by atoms with Crippen molar-refractivity contribution in [3.8, 4) is 5.75 Å². The van der Waals surface area contributed by atoms with Gasteiger partial charge in [0, 0.05) is 31.0 Å². The normalized spacial score (nSPS) is 11.5. The van der Waals surface area contributed by atoms with Gasteiger partial charge in [0.15, 0.2) is 0 Å². The number of benzene rings is 2. The summed E-state index contributed by atoms with van der Waals surface area (Å²) in [5.41, 5.74) is 1.85. The number of hydrogen-bond acceptors (Lipinski definition) is 6. The fraction of sp³-hybridized carbons (Fsp3) is 0.440. The number of amides is 2. The Morgan fingerprint density at radius 2 is 1.74 bits per heavy atom. The van der Waals surface area contributed by atoms with Crippen molar-refractivity contribution >= 4 is 29.3 Å². The van der Waals surface area contributed by atoms with E-state index in [9.17, 15) is 19.7 Å². The summed E-state index contributed by atoms with van der Waals surface area (Å²) in [6.07, 6.45) is 2.37. The van der Waals surface area contributed by atoms with E-state index in [0.717, 1.165) is 29.7 Å². The lowest BCUT2D eigenvalue weighted by Gasteiger charge is -2.30. The number of nitrogens with zero attached hydrogens (tertiary/aromatic N) is 2. The van der Waals surface area contributed by atoms with Crippen LogP contribution in [0.25, 0.3) is 0 Å². The summed E-state index contributed by atoms with van der Waals surface area (Å²) >= 11 is 1.42. The van der Waals surface area contributed by atoms with Gasteiger partial charge in [-0.15, -0.1) is 11.8 Å². The molecule has 0 fully saturated rings. The van der Waals surface area contributed by atoms with Crippen LogP contribution >= 0.6 is 11.8 Å². The minimum Gasteiger partial charge on any atom is -0.497 e. The molecule has 0 aliphatic heterocycles. The molecule has 0 saturated carbocycles. The fourth-order valence-electron chi connectivity index (χ4n) is 3.41. The molecule has 34 heavy (non-hydrogen) atoms. The van der Waals surface area contributed by atoms with E-state index < -0.39 is 11.0 Å². The summed E-state index contributed by atoms with van der Waals surface area (Å²) in [7, 11) is 1.60. The van der Waals surface area contributed by atoms with Crippen LogP contribution < -0.4 is 10.1 Å². The fourth-order valence-corrected chi connectivity index (χ4v) is 4.28. The van der Waals surface area contributed by atoms with E-state index >= 15 is 0 Å². The van der Waals surface area contributed by atoms with Gasteiger partial charge >= 0.3 is 0 Å². The minimum absolute atomic E-state index is 0.0374. The van der Waals surface area contributed by atoms with Gasteiger partial charge in [-0.25, -0.2) is 0 Å². The molecule has 2 aromatic rings. The van der Waals surface area contributed by atoms with Crippen molar-refractivity contribution in [1.82, 2.24) is 10.2 Å². The molecule has 184 valence electrons. The number of nitro benzene ring substituents is 1. The van der Waals surface area contributed by atoms with Crippen LogP contribution in [-0.2, 0) is 21.9 Å². The van der Waals surface area contributed by atoms with E-state index in [1.165, 1.54) is 23.9 Å². The lowest BCUT2D eigenvalue weighted by molar-refractivity contribution is -0.384. The highest BCUT2D eigenvalue weighted by atomic mass is 32.2. The number of ether oxygens (including phenoxy) is 1. The van der Waals surface area contributed by atoms with E-state index in [1.807, 2.05) is 31.2 Å². The van der Waals surface area contributed by atoms with E-state index in [2.05, 4.69) is 12.2 Å². The number of nitrogens with one attached hydrogen (secondary N) is 1. The van der Waals surface area contributed by atoms with E-state index in [0.29, 0.717) is 25.3 Å². The highest BCUT2D eigenvalue weighted by Gasteiger charge is 2.28. The van der Waals surface area contributed by atoms with Gasteiger partial charge in [-0.2, -0.15) is 0 Å². The Bertz CT molecular complexity index is 935. The molecule has 2 rings (SSSR count). The first-order valence-corrected chi connectivity index (χ1v) is 12.6. The monoisotopic (exact) mass is 487 g/mol. The molecule has 9 heteroatoms. The molecule has 0 bridgehead atoms. The van der Waals surface area contributed by atoms with Crippen molar-refractivity contribution < 1.29 is 19.2 Å². The maximum absolute atomic E-state index is 13.3. The zero-order valence-electron chi connectivity index (χ0n) is 20.0. The van der Waals surface area contributed by atoms with Gasteiger partial charge in [-0.3, -0.25) is 19.7 Å². The Morgan fingerprint density at radius 1 is 1.09 bits per heavy atom. The highest BCUT2D eigenvalue weighted by Crippen LogP contribution is 2.20. The predicted octanol–water partition coefficient (Wildman–Crippen LogP) is 4.56. The van der Waals surface area contributed by atoms with Gasteiger partial charge < -0.3 is 15.0 Å². The Kier molecular flexibility index (Phi) is 11.4. The number of rotatable bonds is 14. The van der Waals surface area contributed by atoms with Crippen molar-refractivity contribution in [2.24, 2.45) is 0 Å². The van der Waals surface area contributed by atoms with E-state index in [1.54, 1.807) is 24.1 Å². The van der Waals surface area contributed by atoms with E-state index in [-0.39, 0.29) is 23.3 Å². The molecule has 1 N–H and O–H groups in total. The zero-order chi connectivity index (χ0) is 24.9. The highest BCUT2D eigenvalue weighted by molar-refractivity contribution is 7.99. The first-order chi connectivity index (χ1) is 16.4. The van der Waals surface area contributed by atoms with Crippen LogP contribution in [0.5, 0.6) is 5.75 Å². The summed E-state index contributed by atoms with van der Waals surface area (Å²) in [5.74, 6) is 1.20. The molecule has 8 nitrogen and oxygen atoms in total. The number of hydrogen-bond donors (Lipinski definition) is 1. The van der Waals surface area contributed by atoms with Crippen LogP contribution in [0.1, 0.15) is 44.2 Å². The summed E-state index contributed by atoms with van der Waals surface area (Å²) in [5, 5.41) is 13.8. The average molecular weight is 488 g/mol. The van der Waals surface area contributed by atoms with Gasteiger partial charge in [0.2, 0.25) is 11.8 Å². The lowest BCUT2D eigenvalue weighted by atomic mass is 10.1. The molecule has 0 aliphatic rings. The van der Waals surface area contributed by atoms with Crippen LogP contribution in [-0.4, -0.2) is 47.1 Å². The Hall–Kier alpha value is -3.07. The Balaban J connectivity index is 2.09. The average Bonchev–Trinajstić information content (AvgIpc) is 2.84. The number of nitro groups is 1. The second-order valence-electron chi connectivity index (χ2n) is 7.85. The van der Waals surface area contributed by atoms with Crippen LogP contribution in [0, 0.1) is 10.1 Å². The van der Waals surface area contributed by atoms with Gasteiger partial charge in [0.05, 0.1) is 17.8 Å². The summed E-state index contributed by atoms with van der Waals surface area (Å²) < 4.78 is 5.21. The maximum Gasteiger partial charge on any atom is 0.269 e. The molecule has 0 unspecified atom stereocenters. The molecule has 1 atom stereocenters. The van der Waals surface area contributed by atoms with Crippen molar-refractivity contribution in [1.29, 1.82) is 0 Å². The van der Waals surface area contributed by atoms with E-state index in [4.69, 9.17) is 4.74 Å². The van der Waals surface area contributed by atoms with Gasteiger partial charge in [0.25, 0.3) is 5.69 Å². The minimum atomic E-state index is -0.563. The summed E-state index contributed by atoms with van der Waals surface area (Å²) in [4.78, 5) is 38.2. The van der Waals surface area contributed by atoms with Gasteiger partial charge in [0.1, 0.15) is 11.8 Å².